The van der Waals surface area contributed by atoms with Crippen molar-refractivity contribution in [3.8, 4) is 0 Å². The van der Waals surface area contributed by atoms with E-state index in [1.165, 1.54) is 0 Å². The Kier molecular flexibility index (Phi) is 3.84. The summed E-state index contributed by atoms with van der Waals surface area (Å²) in [4.78, 5) is 0.277. The van der Waals surface area contributed by atoms with Gasteiger partial charge in [-0.3, -0.25) is 0 Å². The molecule has 21 heavy (non-hydrogen) atoms. The quantitative estimate of drug-likeness (QED) is 0.848. The predicted octanol–water partition coefficient (Wildman–Crippen LogP) is 1.88. The summed E-state index contributed by atoms with van der Waals surface area (Å²) in [6, 6.07) is 10.4. The Morgan fingerprint density at radius 2 is 1.71 bits per heavy atom. The Morgan fingerprint density at radius 1 is 1.05 bits per heavy atom. The molecule has 3 rings (SSSR count). The molecule has 0 saturated carbocycles. The SMILES string of the molecule is Nc1ccc(S(=O)(=O)NC2CCOCC2)c2ccccc12. The van der Waals surface area contributed by atoms with E-state index in [2.05, 4.69) is 4.72 Å². The fourth-order valence-corrected chi connectivity index (χ4v) is 4.14. The van der Waals surface area contributed by atoms with Crippen LogP contribution in [0.1, 0.15) is 12.8 Å². The third kappa shape index (κ3) is 2.88. The van der Waals surface area contributed by atoms with E-state index in [1.807, 2.05) is 18.2 Å². The Balaban J connectivity index is 2.00. The van der Waals surface area contributed by atoms with Gasteiger partial charge in [0.15, 0.2) is 0 Å². The molecule has 1 aliphatic heterocycles. The van der Waals surface area contributed by atoms with Crippen LogP contribution < -0.4 is 10.5 Å². The van der Waals surface area contributed by atoms with E-state index < -0.39 is 10.0 Å². The normalized spacial score (nSPS) is 17.1. The average Bonchev–Trinajstić information content (AvgIpc) is 2.48. The van der Waals surface area contributed by atoms with Gasteiger partial charge in [-0.05, 0) is 25.0 Å². The number of hydrogen-bond donors (Lipinski definition) is 2. The Morgan fingerprint density at radius 3 is 2.43 bits per heavy atom. The number of fused-ring (bicyclic) bond motifs is 1. The lowest BCUT2D eigenvalue weighted by molar-refractivity contribution is 0.0832. The van der Waals surface area contributed by atoms with Crippen LogP contribution >= 0.6 is 0 Å². The van der Waals surface area contributed by atoms with E-state index in [4.69, 9.17) is 10.5 Å². The number of nitrogens with two attached hydrogens (primary N) is 1. The fourth-order valence-electron chi connectivity index (χ4n) is 2.63. The molecular formula is C15H18N2O3S. The Labute approximate surface area is 124 Å². The van der Waals surface area contributed by atoms with Crippen molar-refractivity contribution in [2.75, 3.05) is 18.9 Å². The highest BCUT2D eigenvalue weighted by Crippen LogP contribution is 2.28. The summed E-state index contributed by atoms with van der Waals surface area (Å²) >= 11 is 0. The van der Waals surface area contributed by atoms with E-state index in [0.717, 1.165) is 5.39 Å². The molecular weight excluding hydrogens is 288 g/mol. The molecule has 2 aromatic rings. The van der Waals surface area contributed by atoms with Gasteiger partial charge in [0.05, 0.1) is 4.90 Å². The first-order valence-electron chi connectivity index (χ1n) is 6.95. The van der Waals surface area contributed by atoms with E-state index >= 15 is 0 Å². The average molecular weight is 306 g/mol. The van der Waals surface area contributed by atoms with Gasteiger partial charge in [0.25, 0.3) is 0 Å². The highest BCUT2D eigenvalue weighted by Gasteiger charge is 2.23. The minimum atomic E-state index is -3.56. The Bertz CT molecular complexity index is 753. The maximum absolute atomic E-state index is 12.6. The molecule has 1 heterocycles. The molecule has 0 aromatic heterocycles. The maximum Gasteiger partial charge on any atom is 0.241 e. The highest BCUT2D eigenvalue weighted by molar-refractivity contribution is 7.89. The molecule has 5 nitrogen and oxygen atoms in total. The van der Waals surface area contributed by atoms with Crippen LogP contribution in [0.5, 0.6) is 0 Å². The van der Waals surface area contributed by atoms with Gasteiger partial charge in [-0.15, -0.1) is 0 Å². The second-order valence-corrected chi connectivity index (χ2v) is 6.89. The van der Waals surface area contributed by atoms with Gasteiger partial charge < -0.3 is 10.5 Å². The number of anilines is 1. The van der Waals surface area contributed by atoms with Crippen LogP contribution in [0, 0.1) is 0 Å². The molecule has 0 bridgehead atoms. The third-order valence-electron chi connectivity index (χ3n) is 3.75. The highest BCUT2D eigenvalue weighted by atomic mass is 32.2. The summed E-state index contributed by atoms with van der Waals surface area (Å²) in [5.41, 5.74) is 6.50. The van der Waals surface area contributed by atoms with Crippen LogP contribution in [-0.2, 0) is 14.8 Å². The number of nitrogens with one attached hydrogen (secondary N) is 1. The van der Waals surface area contributed by atoms with Gasteiger partial charge >= 0.3 is 0 Å². The van der Waals surface area contributed by atoms with Crippen molar-refractivity contribution in [2.45, 2.75) is 23.8 Å². The van der Waals surface area contributed by atoms with Gasteiger partial charge in [0.2, 0.25) is 10.0 Å². The molecule has 2 aromatic carbocycles. The van der Waals surface area contributed by atoms with Crippen LogP contribution in [0.2, 0.25) is 0 Å². The van der Waals surface area contributed by atoms with E-state index in [1.54, 1.807) is 18.2 Å². The number of sulfonamides is 1. The lowest BCUT2D eigenvalue weighted by Crippen LogP contribution is -2.38. The van der Waals surface area contributed by atoms with Crippen molar-refractivity contribution in [2.24, 2.45) is 0 Å². The Hall–Kier alpha value is -1.63. The summed E-state index contributed by atoms with van der Waals surface area (Å²) in [7, 11) is -3.56. The lowest BCUT2D eigenvalue weighted by atomic mass is 10.1. The van der Waals surface area contributed by atoms with Gasteiger partial charge in [-0.1, -0.05) is 24.3 Å². The largest absolute Gasteiger partial charge is 0.398 e. The molecule has 0 radical (unpaired) electrons. The molecule has 0 spiro atoms. The third-order valence-corrected chi connectivity index (χ3v) is 5.33. The van der Waals surface area contributed by atoms with E-state index in [9.17, 15) is 8.42 Å². The molecule has 1 fully saturated rings. The minimum Gasteiger partial charge on any atom is -0.398 e. The summed E-state index contributed by atoms with van der Waals surface area (Å²) in [5, 5.41) is 1.41. The predicted molar refractivity (Wildman–Crippen MR) is 82.5 cm³/mol. The fraction of sp³-hybridized carbons (Fsp3) is 0.333. The van der Waals surface area contributed by atoms with Crippen LogP contribution in [0.25, 0.3) is 10.8 Å². The monoisotopic (exact) mass is 306 g/mol. The number of nitrogen functional groups attached to an aromatic ring is 1. The van der Waals surface area contributed by atoms with Crippen LogP contribution in [-0.4, -0.2) is 27.7 Å². The van der Waals surface area contributed by atoms with Crippen molar-refractivity contribution in [3.63, 3.8) is 0 Å². The van der Waals surface area contributed by atoms with E-state index in [0.29, 0.717) is 37.1 Å². The van der Waals surface area contributed by atoms with Gasteiger partial charge in [0.1, 0.15) is 0 Å². The van der Waals surface area contributed by atoms with Crippen molar-refractivity contribution in [1.29, 1.82) is 0 Å². The number of rotatable bonds is 3. The lowest BCUT2D eigenvalue weighted by Gasteiger charge is -2.23. The van der Waals surface area contributed by atoms with Crippen molar-refractivity contribution < 1.29 is 13.2 Å². The van der Waals surface area contributed by atoms with Crippen LogP contribution in [0.4, 0.5) is 5.69 Å². The topological polar surface area (TPSA) is 81.4 Å². The second kappa shape index (κ2) is 5.63. The standard InChI is InChI=1S/C15H18N2O3S/c16-14-5-6-15(13-4-2-1-3-12(13)14)21(18,19)17-11-7-9-20-10-8-11/h1-6,11,17H,7-10,16H2. The van der Waals surface area contributed by atoms with E-state index in [-0.39, 0.29) is 10.9 Å². The number of hydrogen-bond acceptors (Lipinski definition) is 4. The van der Waals surface area contributed by atoms with Crippen molar-refractivity contribution >= 4 is 26.5 Å². The summed E-state index contributed by atoms with van der Waals surface area (Å²) in [6.45, 7) is 1.19. The molecule has 3 N–H and O–H groups in total. The number of benzene rings is 2. The van der Waals surface area contributed by atoms with Crippen molar-refractivity contribution in [3.05, 3.63) is 36.4 Å². The first-order chi connectivity index (χ1) is 10.1. The van der Waals surface area contributed by atoms with Gasteiger partial charge in [0, 0.05) is 35.7 Å². The van der Waals surface area contributed by atoms with Crippen molar-refractivity contribution in [1.82, 2.24) is 4.72 Å². The summed E-state index contributed by atoms with van der Waals surface area (Å²) < 4.78 is 33.3. The molecule has 0 unspecified atom stereocenters. The van der Waals surface area contributed by atoms with Crippen LogP contribution in [0.3, 0.4) is 0 Å². The molecule has 0 aliphatic carbocycles. The molecule has 1 aliphatic rings. The number of ether oxygens (including phenoxy) is 1. The molecule has 112 valence electrons. The van der Waals surface area contributed by atoms with Gasteiger partial charge in [-0.2, -0.15) is 0 Å². The molecule has 0 amide bonds. The maximum atomic E-state index is 12.6. The first-order valence-corrected chi connectivity index (χ1v) is 8.43. The zero-order valence-corrected chi connectivity index (χ0v) is 12.4. The minimum absolute atomic E-state index is 0.0694. The van der Waals surface area contributed by atoms with Gasteiger partial charge in [-0.25, -0.2) is 13.1 Å². The smallest absolute Gasteiger partial charge is 0.241 e. The first kappa shape index (κ1) is 14.3. The van der Waals surface area contributed by atoms with Crippen LogP contribution in [0.15, 0.2) is 41.3 Å². The summed E-state index contributed by atoms with van der Waals surface area (Å²) in [5.74, 6) is 0. The zero-order valence-electron chi connectivity index (χ0n) is 11.6. The second-order valence-electron chi connectivity index (χ2n) is 5.21. The molecule has 0 atom stereocenters. The summed E-state index contributed by atoms with van der Waals surface area (Å²) in [6.07, 6.45) is 1.40. The zero-order chi connectivity index (χ0) is 14.9. The molecule has 6 heteroatoms. The molecule has 1 saturated heterocycles.